The van der Waals surface area contributed by atoms with E-state index in [0.717, 1.165) is 18.8 Å². The molecule has 0 saturated heterocycles. The Morgan fingerprint density at radius 3 is 2.15 bits per heavy atom. The zero-order chi connectivity index (χ0) is 19.8. The number of benzene rings is 2. The number of nitrogens with one attached hydrogen (secondary N) is 1. The number of carboxylic acid groups (broad SMARTS) is 1. The minimum Gasteiger partial charge on any atom is -0.478 e. The van der Waals surface area contributed by atoms with Crippen LogP contribution in [0.5, 0.6) is 0 Å². The summed E-state index contributed by atoms with van der Waals surface area (Å²) in [7, 11) is 0. The highest BCUT2D eigenvalue weighted by Crippen LogP contribution is 2.18. The number of aromatic carboxylic acids is 1. The fraction of sp³-hybridized carbons (Fsp3) is 0.190. The first-order valence-electron chi connectivity index (χ1n) is 8.60. The number of anilines is 2. The molecule has 0 bridgehead atoms. The molecule has 0 heterocycles. The monoisotopic (exact) mass is 363 g/mol. The van der Waals surface area contributed by atoms with Gasteiger partial charge >= 0.3 is 5.97 Å². The third kappa shape index (κ3) is 5.19. The molecular weight excluding hydrogens is 342 g/mol. The van der Waals surface area contributed by atoms with Crippen molar-refractivity contribution in [2.75, 3.05) is 23.3 Å². The lowest BCUT2D eigenvalue weighted by Gasteiger charge is -2.21. The van der Waals surface area contributed by atoms with Crippen molar-refractivity contribution >= 4 is 29.3 Å². The van der Waals surface area contributed by atoms with E-state index in [1.165, 1.54) is 18.2 Å². The highest BCUT2D eigenvalue weighted by atomic mass is 16.4. The Bertz CT molecular complexity index is 874. The number of carbonyl (C=O) groups is 2. The second kappa shape index (κ2) is 9.20. The maximum Gasteiger partial charge on any atom is 0.335 e. The summed E-state index contributed by atoms with van der Waals surface area (Å²) < 4.78 is 0. The van der Waals surface area contributed by atoms with Gasteiger partial charge in [-0.15, -0.1) is 0 Å². The minimum absolute atomic E-state index is 0.0640. The number of amides is 1. The van der Waals surface area contributed by atoms with E-state index in [1.807, 2.05) is 18.2 Å². The largest absolute Gasteiger partial charge is 0.478 e. The summed E-state index contributed by atoms with van der Waals surface area (Å²) in [6.07, 6.45) is 1.42. The fourth-order valence-electron chi connectivity index (χ4n) is 2.58. The maximum absolute atomic E-state index is 12.3. The van der Waals surface area contributed by atoms with E-state index in [2.05, 4.69) is 24.1 Å². The van der Waals surface area contributed by atoms with Crippen LogP contribution in [0.3, 0.4) is 0 Å². The standard InChI is InChI=1S/C21H21N3O3/c1-3-24(4-2)19-11-9-18(10-12-19)23-20(25)17(14-22)13-15-5-7-16(8-6-15)21(26)27/h5-13H,3-4H2,1-2H3,(H,23,25)(H,26,27). The molecule has 0 radical (unpaired) electrons. The molecule has 0 saturated carbocycles. The maximum atomic E-state index is 12.3. The SMILES string of the molecule is CCN(CC)c1ccc(NC(=O)C(C#N)=Cc2ccc(C(=O)O)cc2)cc1. The van der Waals surface area contributed by atoms with Gasteiger partial charge in [-0.3, -0.25) is 4.79 Å². The molecule has 2 aromatic carbocycles. The zero-order valence-corrected chi connectivity index (χ0v) is 15.3. The minimum atomic E-state index is -1.03. The van der Waals surface area contributed by atoms with Crippen LogP contribution in [-0.4, -0.2) is 30.1 Å². The van der Waals surface area contributed by atoms with Crippen molar-refractivity contribution in [1.29, 1.82) is 5.26 Å². The average molecular weight is 363 g/mol. The first-order chi connectivity index (χ1) is 13.0. The van der Waals surface area contributed by atoms with Crippen LogP contribution in [0, 0.1) is 11.3 Å². The molecule has 138 valence electrons. The van der Waals surface area contributed by atoms with Gasteiger partial charge in [0.05, 0.1) is 5.56 Å². The highest BCUT2D eigenvalue weighted by molar-refractivity contribution is 6.09. The Labute approximate surface area is 158 Å². The van der Waals surface area contributed by atoms with Crippen molar-refractivity contribution in [1.82, 2.24) is 0 Å². The molecule has 2 rings (SSSR count). The molecule has 0 aliphatic carbocycles. The average Bonchev–Trinajstić information content (AvgIpc) is 2.68. The van der Waals surface area contributed by atoms with Gasteiger partial charge in [0.25, 0.3) is 5.91 Å². The van der Waals surface area contributed by atoms with Crippen molar-refractivity contribution in [3.8, 4) is 6.07 Å². The van der Waals surface area contributed by atoms with E-state index in [-0.39, 0.29) is 11.1 Å². The Kier molecular flexibility index (Phi) is 6.73. The molecule has 0 spiro atoms. The van der Waals surface area contributed by atoms with Gasteiger partial charge < -0.3 is 15.3 Å². The van der Waals surface area contributed by atoms with E-state index in [4.69, 9.17) is 5.11 Å². The highest BCUT2D eigenvalue weighted by Gasteiger charge is 2.10. The van der Waals surface area contributed by atoms with Crippen LogP contribution < -0.4 is 10.2 Å². The number of hydrogen-bond acceptors (Lipinski definition) is 4. The molecule has 0 aliphatic heterocycles. The number of carbonyl (C=O) groups excluding carboxylic acids is 1. The molecule has 0 atom stereocenters. The number of hydrogen-bond donors (Lipinski definition) is 2. The second-order valence-corrected chi connectivity index (χ2v) is 5.77. The molecule has 2 aromatic rings. The lowest BCUT2D eigenvalue weighted by Crippen LogP contribution is -2.21. The first kappa shape index (κ1) is 19.7. The van der Waals surface area contributed by atoms with Crippen molar-refractivity contribution in [2.45, 2.75) is 13.8 Å². The first-order valence-corrected chi connectivity index (χ1v) is 8.60. The third-order valence-electron chi connectivity index (χ3n) is 4.09. The second-order valence-electron chi connectivity index (χ2n) is 5.77. The van der Waals surface area contributed by atoms with Crippen LogP contribution in [-0.2, 0) is 4.79 Å². The van der Waals surface area contributed by atoms with E-state index >= 15 is 0 Å². The summed E-state index contributed by atoms with van der Waals surface area (Å²) in [5, 5.41) is 20.9. The van der Waals surface area contributed by atoms with Crippen LogP contribution in [0.25, 0.3) is 6.08 Å². The van der Waals surface area contributed by atoms with Crippen LogP contribution in [0.1, 0.15) is 29.8 Å². The summed E-state index contributed by atoms with van der Waals surface area (Å²) >= 11 is 0. The van der Waals surface area contributed by atoms with Crippen LogP contribution in [0.15, 0.2) is 54.1 Å². The lowest BCUT2D eigenvalue weighted by atomic mass is 10.1. The van der Waals surface area contributed by atoms with Crippen molar-refractivity contribution in [2.24, 2.45) is 0 Å². The van der Waals surface area contributed by atoms with Crippen LogP contribution >= 0.6 is 0 Å². The van der Waals surface area contributed by atoms with Crippen molar-refractivity contribution in [3.05, 3.63) is 65.2 Å². The molecule has 6 heteroatoms. The number of rotatable bonds is 7. The van der Waals surface area contributed by atoms with E-state index < -0.39 is 11.9 Å². The topological polar surface area (TPSA) is 93.4 Å². The fourth-order valence-corrected chi connectivity index (χ4v) is 2.58. The van der Waals surface area contributed by atoms with E-state index in [0.29, 0.717) is 11.3 Å². The molecule has 2 N–H and O–H groups in total. The molecule has 1 amide bonds. The van der Waals surface area contributed by atoms with Gasteiger partial charge in [0, 0.05) is 24.5 Å². The Hall–Kier alpha value is -3.59. The van der Waals surface area contributed by atoms with Crippen molar-refractivity contribution < 1.29 is 14.7 Å². The van der Waals surface area contributed by atoms with Gasteiger partial charge in [0.2, 0.25) is 0 Å². The van der Waals surface area contributed by atoms with E-state index in [9.17, 15) is 14.9 Å². The third-order valence-corrected chi connectivity index (χ3v) is 4.09. The summed E-state index contributed by atoms with van der Waals surface area (Å²) in [5.41, 5.74) is 2.31. The predicted molar refractivity (Wildman–Crippen MR) is 106 cm³/mol. The molecule has 0 fully saturated rings. The number of carboxylic acids is 1. The summed E-state index contributed by atoms with van der Waals surface area (Å²) in [4.78, 5) is 25.4. The van der Waals surface area contributed by atoms with Gasteiger partial charge in [0.15, 0.2) is 0 Å². The molecular formula is C21H21N3O3. The van der Waals surface area contributed by atoms with Crippen molar-refractivity contribution in [3.63, 3.8) is 0 Å². The van der Waals surface area contributed by atoms with Crippen LogP contribution in [0.2, 0.25) is 0 Å². The van der Waals surface area contributed by atoms with Gasteiger partial charge in [-0.05, 0) is 61.9 Å². The number of nitrogens with zero attached hydrogens (tertiary/aromatic N) is 2. The van der Waals surface area contributed by atoms with E-state index in [1.54, 1.807) is 24.3 Å². The normalized spacial score (nSPS) is 10.8. The van der Waals surface area contributed by atoms with Gasteiger partial charge in [-0.1, -0.05) is 12.1 Å². The quantitative estimate of drug-likeness (QED) is 0.577. The van der Waals surface area contributed by atoms with Gasteiger partial charge in [0.1, 0.15) is 11.6 Å². The Morgan fingerprint density at radius 2 is 1.67 bits per heavy atom. The van der Waals surface area contributed by atoms with Gasteiger partial charge in [-0.2, -0.15) is 5.26 Å². The molecule has 27 heavy (non-hydrogen) atoms. The molecule has 0 aliphatic rings. The molecule has 0 unspecified atom stereocenters. The summed E-state index contributed by atoms with van der Waals surface area (Å²) in [5.74, 6) is -1.55. The molecule has 0 aromatic heterocycles. The Balaban J connectivity index is 2.12. The smallest absolute Gasteiger partial charge is 0.335 e. The number of nitriles is 1. The summed E-state index contributed by atoms with van der Waals surface area (Å²) in [6.45, 7) is 5.94. The van der Waals surface area contributed by atoms with Gasteiger partial charge in [-0.25, -0.2) is 4.79 Å². The summed E-state index contributed by atoms with van der Waals surface area (Å²) in [6, 6.07) is 15.3. The molecule has 6 nitrogen and oxygen atoms in total. The Morgan fingerprint density at radius 1 is 1.07 bits per heavy atom. The lowest BCUT2D eigenvalue weighted by molar-refractivity contribution is -0.112. The zero-order valence-electron chi connectivity index (χ0n) is 15.3. The van der Waals surface area contributed by atoms with Crippen LogP contribution in [0.4, 0.5) is 11.4 Å². The predicted octanol–water partition coefficient (Wildman–Crippen LogP) is 3.78.